The molecule has 0 aromatic heterocycles. The molecule has 0 aliphatic rings. The predicted octanol–water partition coefficient (Wildman–Crippen LogP) is 2.87. The van der Waals surface area contributed by atoms with E-state index in [4.69, 9.17) is 4.74 Å². The van der Waals surface area contributed by atoms with E-state index in [-0.39, 0.29) is 5.78 Å². The number of hydrogen-bond acceptors (Lipinski definition) is 3. The Morgan fingerprint density at radius 3 is 2.71 bits per heavy atom. The van der Waals surface area contributed by atoms with Gasteiger partial charge in [-0.2, -0.15) is 0 Å². The lowest BCUT2D eigenvalue weighted by Crippen LogP contribution is -2.04. The average molecular weight is 275 g/mol. The molecule has 0 aliphatic carbocycles. The molecule has 1 aromatic carbocycles. The number of ether oxygens (including phenoxy) is 1. The van der Waals surface area contributed by atoms with Crippen molar-refractivity contribution in [1.82, 2.24) is 0 Å². The molecule has 0 N–H and O–H groups in total. The lowest BCUT2D eigenvalue weighted by atomic mass is 10.1. The lowest BCUT2D eigenvalue weighted by molar-refractivity contribution is 0.102. The van der Waals surface area contributed by atoms with Crippen molar-refractivity contribution in [3.05, 3.63) is 23.3 Å². The van der Waals surface area contributed by atoms with Crippen LogP contribution in [0.1, 0.15) is 15.9 Å². The fraction of sp³-hybridized carbons (Fsp3) is 0.300. The van der Waals surface area contributed by atoms with Crippen molar-refractivity contribution >= 4 is 34.3 Å². The highest BCUT2D eigenvalue weighted by Gasteiger charge is 2.14. The maximum Gasteiger partial charge on any atom is 0.177 e. The molecule has 14 heavy (non-hydrogen) atoms. The standard InChI is InChI=1S/C10H11BrO2S/c1-6-3-4-7(8(12)5-11)9(13-2)10(6)14/h3-4,14H,5H2,1-2H3. The number of thiol groups is 1. The number of hydrogen-bond donors (Lipinski definition) is 1. The van der Waals surface area contributed by atoms with E-state index in [1.807, 2.05) is 13.0 Å². The minimum absolute atomic E-state index is 0.00264. The first-order chi connectivity index (χ1) is 6.61. The van der Waals surface area contributed by atoms with Gasteiger partial charge in [0.05, 0.1) is 18.0 Å². The SMILES string of the molecule is COc1c(C(=O)CBr)ccc(C)c1S. The third-order valence-corrected chi connectivity index (χ3v) is 3.02. The molecule has 0 saturated heterocycles. The van der Waals surface area contributed by atoms with Crippen LogP contribution in [0.3, 0.4) is 0 Å². The van der Waals surface area contributed by atoms with E-state index in [9.17, 15) is 4.79 Å². The quantitative estimate of drug-likeness (QED) is 0.521. The van der Waals surface area contributed by atoms with Crippen LogP contribution in [0.5, 0.6) is 5.75 Å². The summed E-state index contributed by atoms with van der Waals surface area (Å²) in [5.41, 5.74) is 1.57. The van der Waals surface area contributed by atoms with Gasteiger partial charge in [0.15, 0.2) is 5.78 Å². The Morgan fingerprint density at radius 2 is 2.21 bits per heavy atom. The van der Waals surface area contributed by atoms with Gasteiger partial charge in [0.1, 0.15) is 5.75 Å². The van der Waals surface area contributed by atoms with Crippen LogP contribution in [0.4, 0.5) is 0 Å². The van der Waals surface area contributed by atoms with Crippen molar-refractivity contribution in [3.63, 3.8) is 0 Å². The number of aryl methyl sites for hydroxylation is 1. The van der Waals surface area contributed by atoms with E-state index in [0.29, 0.717) is 16.6 Å². The number of rotatable bonds is 3. The van der Waals surface area contributed by atoms with Gasteiger partial charge in [0.25, 0.3) is 0 Å². The molecule has 0 heterocycles. The Hall–Kier alpha value is -0.480. The molecule has 0 radical (unpaired) electrons. The summed E-state index contributed by atoms with van der Waals surface area (Å²) in [5.74, 6) is 0.551. The number of Topliss-reactive ketones (excluding diaryl/α,β-unsaturated/α-hetero) is 1. The van der Waals surface area contributed by atoms with Crippen molar-refractivity contribution in [2.45, 2.75) is 11.8 Å². The average Bonchev–Trinajstić information content (AvgIpc) is 2.20. The molecule has 1 rings (SSSR count). The van der Waals surface area contributed by atoms with E-state index >= 15 is 0 Å². The zero-order valence-electron chi connectivity index (χ0n) is 8.00. The first kappa shape index (κ1) is 11.6. The highest BCUT2D eigenvalue weighted by Crippen LogP contribution is 2.30. The number of benzene rings is 1. The van der Waals surface area contributed by atoms with Crippen molar-refractivity contribution in [2.24, 2.45) is 0 Å². The fourth-order valence-electron chi connectivity index (χ4n) is 1.17. The summed E-state index contributed by atoms with van der Waals surface area (Å²) < 4.78 is 5.16. The second-order valence-electron chi connectivity index (χ2n) is 2.87. The van der Waals surface area contributed by atoms with E-state index in [1.54, 1.807) is 13.2 Å². The molecular weight excluding hydrogens is 264 g/mol. The third-order valence-electron chi connectivity index (χ3n) is 1.96. The summed E-state index contributed by atoms with van der Waals surface area (Å²) in [5, 5.41) is 0.291. The van der Waals surface area contributed by atoms with Crippen molar-refractivity contribution < 1.29 is 9.53 Å². The monoisotopic (exact) mass is 274 g/mol. The van der Waals surface area contributed by atoms with Crippen LogP contribution >= 0.6 is 28.6 Å². The molecule has 1 aromatic rings. The van der Waals surface area contributed by atoms with Gasteiger partial charge in [-0.25, -0.2) is 0 Å². The van der Waals surface area contributed by atoms with Gasteiger partial charge in [-0.1, -0.05) is 22.0 Å². The van der Waals surface area contributed by atoms with E-state index in [0.717, 1.165) is 10.5 Å². The fourth-order valence-corrected chi connectivity index (χ4v) is 1.76. The van der Waals surface area contributed by atoms with E-state index in [2.05, 4.69) is 28.6 Å². The Kier molecular flexibility index (Phi) is 4.01. The van der Waals surface area contributed by atoms with Gasteiger partial charge in [0, 0.05) is 4.90 Å². The largest absolute Gasteiger partial charge is 0.495 e. The van der Waals surface area contributed by atoms with Crippen LogP contribution in [0.15, 0.2) is 17.0 Å². The van der Waals surface area contributed by atoms with E-state index in [1.165, 1.54) is 0 Å². The summed E-state index contributed by atoms with van der Waals surface area (Å²) in [6.45, 7) is 1.92. The Bertz CT molecular complexity index is 363. The van der Waals surface area contributed by atoms with E-state index < -0.39 is 0 Å². The molecule has 0 saturated carbocycles. The van der Waals surface area contributed by atoms with Gasteiger partial charge >= 0.3 is 0 Å². The third kappa shape index (κ3) is 2.12. The molecule has 76 valence electrons. The van der Waals surface area contributed by atoms with Gasteiger partial charge in [-0.15, -0.1) is 12.6 Å². The Morgan fingerprint density at radius 1 is 1.57 bits per heavy atom. The molecule has 0 aliphatic heterocycles. The Labute approximate surface area is 97.2 Å². The van der Waals surface area contributed by atoms with Gasteiger partial charge in [0.2, 0.25) is 0 Å². The maximum atomic E-state index is 11.5. The minimum Gasteiger partial charge on any atom is -0.495 e. The summed E-state index contributed by atoms with van der Waals surface area (Å²) in [4.78, 5) is 12.2. The lowest BCUT2D eigenvalue weighted by Gasteiger charge is -2.10. The van der Waals surface area contributed by atoms with Crippen LogP contribution in [-0.4, -0.2) is 18.2 Å². The zero-order chi connectivity index (χ0) is 10.7. The van der Waals surface area contributed by atoms with Gasteiger partial charge in [-0.05, 0) is 18.6 Å². The number of alkyl halides is 1. The predicted molar refractivity (Wildman–Crippen MR) is 63.1 cm³/mol. The topological polar surface area (TPSA) is 26.3 Å². The second-order valence-corrected chi connectivity index (χ2v) is 3.88. The molecular formula is C10H11BrO2S. The number of methoxy groups -OCH3 is 1. The highest BCUT2D eigenvalue weighted by atomic mass is 79.9. The van der Waals surface area contributed by atoms with Crippen LogP contribution in [-0.2, 0) is 0 Å². The maximum absolute atomic E-state index is 11.5. The molecule has 4 heteroatoms. The first-order valence-electron chi connectivity index (χ1n) is 4.07. The van der Waals surface area contributed by atoms with Crippen LogP contribution in [0.25, 0.3) is 0 Å². The number of carbonyl (C=O) groups excluding carboxylic acids is 1. The smallest absolute Gasteiger partial charge is 0.177 e. The molecule has 0 amide bonds. The van der Waals surface area contributed by atoms with Crippen LogP contribution in [0.2, 0.25) is 0 Å². The highest BCUT2D eigenvalue weighted by molar-refractivity contribution is 9.09. The minimum atomic E-state index is -0.00264. The summed E-state index contributed by atoms with van der Waals surface area (Å²) in [7, 11) is 1.54. The molecule has 2 nitrogen and oxygen atoms in total. The number of halogens is 1. The first-order valence-corrected chi connectivity index (χ1v) is 5.64. The molecule has 0 bridgehead atoms. The van der Waals surface area contributed by atoms with Crippen molar-refractivity contribution in [1.29, 1.82) is 0 Å². The summed E-state index contributed by atoms with van der Waals surface area (Å²) in [6, 6.07) is 3.62. The van der Waals surface area contributed by atoms with Crippen molar-refractivity contribution in [2.75, 3.05) is 12.4 Å². The molecule has 0 spiro atoms. The number of ketones is 1. The zero-order valence-corrected chi connectivity index (χ0v) is 10.5. The van der Waals surface area contributed by atoms with Gasteiger partial charge in [-0.3, -0.25) is 4.79 Å². The molecule has 0 unspecified atom stereocenters. The summed E-state index contributed by atoms with van der Waals surface area (Å²) in [6.07, 6.45) is 0. The van der Waals surface area contributed by atoms with Gasteiger partial charge < -0.3 is 4.74 Å². The molecule has 0 fully saturated rings. The normalized spacial score (nSPS) is 10.0. The number of carbonyl (C=O) groups is 1. The van der Waals surface area contributed by atoms with Crippen molar-refractivity contribution in [3.8, 4) is 5.75 Å². The second kappa shape index (κ2) is 4.84. The van der Waals surface area contributed by atoms with Crippen LogP contribution in [0, 0.1) is 6.92 Å². The van der Waals surface area contributed by atoms with Crippen LogP contribution < -0.4 is 4.74 Å². The molecule has 0 atom stereocenters. The Balaban J connectivity index is 3.31. The summed E-state index contributed by atoms with van der Waals surface area (Å²) >= 11 is 7.43.